The van der Waals surface area contributed by atoms with Gasteiger partial charge in [-0.1, -0.05) is 6.07 Å². The Morgan fingerprint density at radius 1 is 1.24 bits per heavy atom. The van der Waals surface area contributed by atoms with E-state index in [9.17, 15) is 22.9 Å². The molecule has 7 nitrogen and oxygen atoms in total. The van der Waals surface area contributed by atoms with Gasteiger partial charge in [-0.15, -0.1) is 0 Å². The summed E-state index contributed by atoms with van der Waals surface area (Å²) in [5.74, 6) is -0.375. The van der Waals surface area contributed by atoms with Crippen LogP contribution in [0.4, 0.5) is 15.8 Å². The second kappa shape index (κ2) is 7.58. The molecule has 0 aliphatic rings. The molecule has 0 aliphatic carbocycles. The van der Waals surface area contributed by atoms with Gasteiger partial charge in [0.25, 0.3) is 5.69 Å². The van der Waals surface area contributed by atoms with Gasteiger partial charge < -0.3 is 10.1 Å². The van der Waals surface area contributed by atoms with Crippen molar-refractivity contribution in [3.05, 3.63) is 63.5 Å². The van der Waals surface area contributed by atoms with E-state index in [0.29, 0.717) is 11.3 Å². The Morgan fingerprint density at radius 3 is 2.56 bits per heavy atom. The van der Waals surface area contributed by atoms with Crippen molar-refractivity contribution in [2.45, 2.75) is 18.0 Å². The first-order valence-electron chi connectivity index (χ1n) is 7.21. The average molecular weight is 368 g/mol. The van der Waals surface area contributed by atoms with Crippen molar-refractivity contribution in [1.29, 1.82) is 0 Å². The van der Waals surface area contributed by atoms with Crippen LogP contribution in [0.2, 0.25) is 0 Å². The fraction of sp³-hybridized carbons (Fsp3) is 0.250. The molecular formula is C16H17FN2O5S. The Labute approximate surface area is 144 Å². The Bertz CT molecular complexity index is 899. The van der Waals surface area contributed by atoms with E-state index in [2.05, 4.69) is 5.32 Å². The summed E-state index contributed by atoms with van der Waals surface area (Å²) >= 11 is 0. The normalized spacial score (nSPS) is 11.3. The van der Waals surface area contributed by atoms with Crippen molar-refractivity contribution in [1.82, 2.24) is 0 Å². The third-order valence-corrected chi connectivity index (χ3v) is 4.59. The minimum absolute atomic E-state index is 0.134. The summed E-state index contributed by atoms with van der Waals surface area (Å²) in [5.41, 5.74) is 1.09. The second-order valence-corrected chi connectivity index (χ2v) is 7.41. The molecule has 0 heterocycles. The summed E-state index contributed by atoms with van der Waals surface area (Å²) in [6.07, 6.45) is 0.913. The number of nitro benzene ring substituents is 1. The lowest BCUT2D eigenvalue weighted by molar-refractivity contribution is -0.387. The van der Waals surface area contributed by atoms with Crippen molar-refractivity contribution >= 4 is 21.2 Å². The number of nitrogens with one attached hydrogen (secondary N) is 1. The zero-order valence-electron chi connectivity index (χ0n) is 13.7. The summed E-state index contributed by atoms with van der Waals surface area (Å²) < 4.78 is 42.0. The lowest BCUT2D eigenvalue weighted by Gasteiger charge is -2.10. The molecule has 0 aromatic heterocycles. The number of sulfone groups is 1. The fourth-order valence-electron chi connectivity index (χ4n) is 2.28. The molecule has 0 bridgehead atoms. The standard InChI is InChI=1S/C16H17FN2O5S/c1-24-10-12-7-11(3-5-14(12)17)9-18-13-4-6-15(19(20)21)16(8-13)25(2,22)23/h3-8,18H,9-10H2,1-2H3. The fourth-order valence-corrected chi connectivity index (χ4v) is 3.14. The molecule has 0 spiro atoms. The number of ether oxygens (including phenoxy) is 1. The summed E-state index contributed by atoms with van der Waals surface area (Å²) in [7, 11) is -2.29. The molecule has 2 aromatic rings. The predicted octanol–water partition coefficient (Wildman–Crippen LogP) is 2.90. The average Bonchev–Trinajstić information content (AvgIpc) is 2.54. The molecule has 134 valence electrons. The monoisotopic (exact) mass is 368 g/mol. The van der Waals surface area contributed by atoms with Crippen LogP contribution < -0.4 is 5.32 Å². The van der Waals surface area contributed by atoms with Crippen LogP contribution >= 0.6 is 0 Å². The van der Waals surface area contributed by atoms with E-state index in [1.165, 1.54) is 25.3 Å². The second-order valence-electron chi connectivity index (χ2n) is 5.42. The maximum Gasteiger partial charge on any atom is 0.288 e. The Hall–Kier alpha value is -2.52. The highest BCUT2D eigenvalue weighted by Crippen LogP contribution is 2.27. The highest BCUT2D eigenvalue weighted by Gasteiger charge is 2.22. The maximum atomic E-state index is 13.6. The van der Waals surface area contributed by atoms with E-state index in [0.717, 1.165) is 17.9 Å². The number of hydrogen-bond donors (Lipinski definition) is 1. The first-order valence-corrected chi connectivity index (χ1v) is 9.10. The molecule has 9 heteroatoms. The lowest BCUT2D eigenvalue weighted by atomic mass is 10.1. The van der Waals surface area contributed by atoms with Gasteiger partial charge >= 0.3 is 0 Å². The molecule has 0 fully saturated rings. The topological polar surface area (TPSA) is 98.5 Å². The highest BCUT2D eigenvalue weighted by molar-refractivity contribution is 7.90. The Morgan fingerprint density at radius 2 is 1.96 bits per heavy atom. The van der Waals surface area contributed by atoms with Crippen LogP contribution in [-0.2, 0) is 27.7 Å². The van der Waals surface area contributed by atoms with E-state index >= 15 is 0 Å². The van der Waals surface area contributed by atoms with Crippen molar-refractivity contribution in [2.75, 3.05) is 18.7 Å². The third-order valence-electron chi connectivity index (χ3n) is 3.46. The van der Waals surface area contributed by atoms with E-state index in [1.54, 1.807) is 12.1 Å². The number of nitro groups is 1. The van der Waals surface area contributed by atoms with Crippen LogP contribution in [0.25, 0.3) is 0 Å². The van der Waals surface area contributed by atoms with Gasteiger partial charge in [0.2, 0.25) is 0 Å². The van der Waals surface area contributed by atoms with Crippen molar-refractivity contribution in [2.24, 2.45) is 0 Å². The molecular weight excluding hydrogens is 351 g/mol. The Balaban J connectivity index is 2.24. The molecule has 25 heavy (non-hydrogen) atoms. The van der Waals surface area contributed by atoms with Crippen LogP contribution in [-0.4, -0.2) is 26.7 Å². The van der Waals surface area contributed by atoms with Gasteiger partial charge in [-0.05, 0) is 29.8 Å². The molecule has 0 amide bonds. The third kappa shape index (κ3) is 4.74. The van der Waals surface area contributed by atoms with Gasteiger partial charge in [0, 0.05) is 37.2 Å². The zero-order chi connectivity index (χ0) is 18.6. The van der Waals surface area contributed by atoms with Crippen LogP contribution in [0.5, 0.6) is 0 Å². The molecule has 2 rings (SSSR count). The van der Waals surface area contributed by atoms with E-state index in [-0.39, 0.29) is 23.9 Å². The number of rotatable bonds is 7. The minimum atomic E-state index is -3.75. The van der Waals surface area contributed by atoms with Crippen molar-refractivity contribution in [3.8, 4) is 0 Å². The van der Waals surface area contributed by atoms with E-state index < -0.39 is 20.4 Å². The number of methoxy groups -OCH3 is 1. The van der Waals surface area contributed by atoms with Crippen molar-refractivity contribution < 1.29 is 22.5 Å². The molecule has 0 saturated heterocycles. The van der Waals surface area contributed by atoms with Gasteiger partial charge in [-0.25, -0.2) is 12.8 Å². The number of hydrogen-bond acceptors (Lipinski definition) is 6. The number of halogens is 1. The van der Waals surface area contributed by atoms with Crippen LogP contribution in [0, 0.1) is 15.9 Å². The van der Waals surface area contributed by atoms with Crippen LogP contribution in [0.3, 0.4) is 0 Å². The molecule has 2 aromatic carbocycles. The van der Waals surface area contributed by atoms with Gasteiger partial charge in [-0.2, -0.15) is 0 Å². The molecule has 0 unspecified atom stereocenters. The molecule has 0 radical (unpaired) electrons. The molecule has 0 saturated carbocycles. The maximum absolute atomic E-state index is 13.6. The first kappa shape index (κ1) is 18.8. The summed E-state index contributed by atoms with van der Waals surface area (Å²) in [4.78, 5) is 9.86. The number of nitrogens with zero attached hydrogens (tertiary/aromatic N) is 1. The molecule has 0 aliphatic heterocycles. The molecule has 1 N–H and O–H groups in total. The Kier molecular flexibility index (Phi) is 5.70. The first-order chi connectivity index (χ1) is 11.7. The molecule has 0 atom stereocenters. The largest absolute Gasteiger partial charge is 0.381 e. The van der Waals surface area contributed by atoms with E-state index in [4.69, 9.17) is 4.74 Å². The van der Waals surface area contributed by atoms with E-state index in [1.807, 2.05) is 0 Å². The summed E-state index contributed by atoms with van der Waals surface area (Å²) in [6, 6.07) is 8.32. The SMILES string of the molecule is COCc1cc(CNc2ccc([N+](=O)[O-])c(S(C)(=O)=O)c2)ccc1F. The van der Waals surface area contributed by atoms with Gasteiger partial charge in [0.05, 0.1) is 11.5 Å². The van der Waals surface area contributed by atoms with Gasteiger partial charge in [0.1, 0.15) is 10.7 Å². The van der Waals surface area contributed by atoms with Gasteiger partial charge in [-0.3, -0.25) is 10.1 Å². The summed E-state index contributed by atoms with van der Waals surface area (Å²) in [6.45, 7) is 0.424. The minimum Gasteiger partial charge on any atom is -0.381 e. The smallest absolute Gasteiger partial charge is 0.288 e. The number of benzene rings is 2. The number of anilines is 1. The summed E-state index contributed by atoms with van der Waals surface area (Å²) in [5, 5.41) is 13.9. The lowest BCUT2D eigenvalue weighted by Crippen LogP contribution is -2.06. The quantitative estimate of drug-likeness (QED) is 0.596. The van der Waals surface area contributed by atoms with Gasteiger partial charge in [0.15, 0.2) is 9.84 Å². The van der Waals surface area contributed by atoms with Crippen LogP contribution in [0.1, 0.15) is 11.1 Å². The predicted molar refractivity (Wildman–Crippen MR) is 90.6 cm³/mol. The van der Waals surface area contributed by atoms with Crippen LogP contribution in [0.15, 0.2) is 41.3 Å². The van der Waals surface area contributed by atoms with Crippen molar-refractivity contribution in [3.63, 3.8) is 0 Å². The zero-order valence-corrected chi connectivity index (χ0v) is 14.5. The highest BCUT2D eigenvalue weighted by atomic mass is 32.2.